The molecule has 7 heteroatoms. The van der Waals surface area contributed by atoms with Crippen molar-refractivity contribution in [3.8, 4) is 0 Å². The maximum absolute atomic E-state index is 12.1. The molecule has 0 saturated carbocycles. The number of sulfonamides is 1. The van der Waals surface area contributed by atoms with Crippen molar-refractivity contribution in [2.24, 2.45) is 0 Å². The number of aryl methyl sites for hydroxylation is 1. The Bertz CT molecular complexity index is 547. The summed E-state index contributed by atoms with van der Waals surface area (Å²) in [6.07, 6.45) is 3.22. The molecular formula is C13H21ClN2O3S. The molecule has 0 spiro atoms. The van der Waals surface area contributed by atoms with E-state index in [1.807, 2.05) is 0 Å². The highest BCUT2D eigenvalue weighted by Crippen LogP contribution is 2.26. The lowest BCUT2D eigenvalue weighted by Gasteiger charge is -2.10. The molecule has 0 bridgehead atoms. The molecule has 1 aromatic rings. The highest BCUT2D eigenvalue weighted by Gasteiger charge is 2.18. The van der Waals surface area contributed by atoms with Crippen molar-refractivity contribution < 1.29 is 13.5 Å². The molecule has 0 radical (unpaired) electrons. The van der Waals surface area contributed by atoms with Crippen molar-refractivity contribution in [2.75, 3.05) is 18.9 Å². The van der Waals surface area contributed by atoms with E-state index in [9.17, 15) is 8.42 Å². The van der Waals surface area contributed by atoms with Crippen LogP contribution in [-0.4, -0.2) is 26.7 Å². The molecule has 0 amide bonds. The number of nitrogens with one attached hydrogen (secondary N) is 1. The fraction of sp³-hybridized carbons (Fsp3) is 0.538. The predicted molar refractivity (Wildman–Crippen MR) is 81.3 cm³/mol. The van der Waals surface area contributed by atoms with Crippen LogP contribution in [0, 0.1) is 6.92 Å². The zero-order valence-corrected chi connectivity index (χ0v) is 13.1. The van der Waals surface area contributed by atoms with Crippen LogP contribution in [0.1, 0.15) is 31.2 Å². The Balaban J connectivity index is 2.63. The number of halogens is 1. The van der Waals surface area contributed by atoms with Gasteiger partial charge in [0.15, 0.2) is 0 Å². The van der Waals surface area contributed by atoms with Crippen LogP contribution in [-0.2, 0) is 10.0 Å². The first-order chi connectivity index (χ1) is 9.38. The smallest absolute Gasteiger partial charge is 0.242 e. The van der Waals surface area contributed by atoms with Crippen molar-refractivity contribution in [3.63, 3.8) is 0 Å². The average molecular weight is 321 g/mol. The summed E-state index contributed by atoms with van der Waals surface area (Å²) in [5.41, 5.74) is 6.87. The largest absolute Gasteiger partial charge is 0.398 e. The van der Waals surface area contributed by atoms with Gasteiger partial charge in [-0.1, -0.05) is 24.4 Å². The van der Waals surface area contributed by atoms with Gasteiger partial charge in [-0.05, 0) is 37.5 Å². The first-order valence-electron chi connectivity index (χ1n) is 6.54. The number of aliphatic hydroxyl groups excluding tert-OH is 1. The fourth-order valence-electron chi connectivity index (χ4n) is 1.75. The van der Waals surface area contributed by atoms with Gasteiger partial charge in [-0.3, -0.25) is 0 Å². The molecule has 1 aromatic carbocycles. The Labute approximate surface area is 125 Å². The monoisotopic (exact) mass is 320 g/mol. The number of benzene rings is 1. The summed E-state index contributed by atoms with van der Waals surface area (Å²) in [4.78, 5) is 0.0117. The second-order valence-electron chi connectivity index (χ2n) is 4.67. The van der Waals surface area contributed by atoms with E-state index in [1.54, 1.807) is 13.0 Å². The molecule has 4 N–H and O–H groups in total. The Morgan fingerprint density at radius 2 is 1.90 bits per heavy atom. The van der Waals surface area contributed by atoms with E-state index in [1.165, 1.54) is 6.07 Å². The molecule has 20 heavy (non-hydrogen) atoms. The lowest BCUT2D eigenvalue weighted by Crippen LogP contribution is -2.25. The third kappa shape index (κ3) is 4.94. The summed E-state index contributed by atoms with van der Waals surface area (Å²) < 4.78 is 26.7. The average Bonchev–Trinajstić information content (AvgIpc) is 2.37. The molecule has 114 valence electrons. The van der Waals surface area contributed by atoms with Crippen LogP contribution in [0.25, 0.3) is 0 Å². The molecule has 0 fully saturated rings. The number of anilines is 1. The zero-order valence-electron chi connectivity index (χ0n) is 11.5. The molecule has 5 nitrogen and oxygen atoms in total. The van der Waals surface area contributed by atoms with Crippen LogP contribution >= 0.6 is 11.6 Å². The fourth-order valence-corrected chi connectivity index (χ4v) is 3.44. The maximum atomic E-state index is 12.1. The van der Waals surface area contributed by atoms with Gasteiger partial charge in [0.05, 0.1) is 5.02 Å². The summed E-state index contributed by atoms with van der Waals surface area (Å²) in [6, 6.07) is 2.93. The third-order valence-corrected chi connectivity index (χ3v) is 4.91. The standard InChI is InChI=1S/C13H21ClN2O3S/c1-10-8-11(14)13(9-12(10)15)20(18,19)16-6-4-2-3-5-7-17/h8-9,16-17H,2-7,15H2,1H3. The second kappa shape index (κ2) is 7.83. The summed E-state index contributed by atoms with van der Waals surface area (Å²) in [7, 11) is -3.63. The van der Waals surface area contributed by atoms with Gasteiger partial charge in [-0.2, -0.15) is 0 Å². The van der Waals surface area contributed by atoms with Crippen molar-refractivity contribution >= 4 is 27.3 Å². The number of rotatable bonds is 8. The summed E-state index contributed by atoms with van der Waals surface area (Å²) in [5.74, 6) is 0. The van der Waals surface area contributed by atoms with Crippen LogP contribution in [0.15, 0.2) is 17.0 Å². The molecule has 0 aliphatic carbocycles. The van der Waals surface area contributed by atoms with E-state index in [4.69, 9.17) is 22.4 Å². The number of aliphatic hydroxyl groups is 1. The quantitative estimate of drug-likeness (QED) is 0.505. The van der Waals surface area contributed by atoms with Gasteiger partial charge >= 0.3 is 0 Å². The van der Waals surface area contributed by atoms with Crippen molar-refractivity contribution in [3.05, 3.63) is 22.7 Å². The number of nitrogens with two attached hydrogens (primary N) is 1. The molecule has 0 atom stereocenters. The Hall–Kier alpha value is -0.820. The highest BCUT2D eigenvalue weighted by atomic mass is 35.5. The third-order valence-electron chi connectivity index (χ3n) is 2.99. The van der Waals surface area contributed by atoms with E-state index in [0.29, 0.717) is 12.2 Å². The van der Waals surface area contributed by atoms with E-state index < -0.39 is 10.0 Å². The van der Waals surface area contributed by atoms with Crippen molar-refractivity contribution in [1.29, 1.82) is 0 Å². The van der Waals surface area contributed by atoms with E-state index in [2.05, 4.69) is 4.72 Å². The van der Waals surface area contributed by atoms with Gasteiger partial charge < -0.3 is 10.8 Å². The zero-order chi connectivity index (χ0) is 15.2. The van der Waals surface area contributed by atoms with Crippen LogP contribution in [0.5, 0.6) is 0 Å². The van der Waals surface area contributed by atoms with E-state index in [-0.39, 0.29) is 16.5 Å². The number of hydrogen-bond donors (Lipinski definition) is 3. The predicted octanol–water partition coefficient (Wildman–Crippen LogP) is 2.06. The molecule has 0 heterocycles. The van der Waals surface area contributed by atoms with Crippen LogP contribution in [0.3, 0.4) is 0 Å². The minimum Gasteiger partial charge on any atom is -0.398 e. The van der Waals surface area contributed by atoms with Gasteiger partial charge in [0, 0.05) is 18.8 Å². The van der Waals surface area contributed by atoms with Crippen LogP contribution in [0.2, 0.25) is 5.02 Å². The minimum atomic E-state index is -3.63. The normalized spacial score (nSPS) is 11.8. The van der Waals surface area contributed by atoms with Gasteiger partial charge in [0.2, 0.25) is 10.0 Å². The summed E-state index contributed by atoms with van der Waals surface area (Å²) in [6.45, 7) is 2.29. The molecule has 0 aromatic heterocycles. The van der Waals surface area contributed by atoms with Crippen molar-refractivity contribution in [2.45, 2.75) is 37.5 Å². The SMILES string of the molecule is Cc1cc(Cl)c(S(=O)(=O)NCCCCCCO)cc1N. The van der Waals surface area contributed by atoms with Gasteiger partial charge in [-0.15, -0.1) is 0 Å². The first-order valence-corrected chi connectivity index (χ1v) is 8.40. The van der Waals surface area contributed by atoms with Gasteiger partial charge in [0.25, 0.3) is 0 Å². The van der Waals surface area contributed by atoms with Gasteiger partial charge in [0.1, 0.15) is 4.90 Å². The maximum Gasteiger partial charge on any atom is 0.242 e. The van der Waals surface area contributed by atoms with Gasteiger partial charge in [-0.25, -0.2) is 13.1 Å². The van der Waals surface area contributed by atoms with Crippen molar-refractivity contribution in [1.82, 2.24) is 4.72 Å². The van der Waals surface area contributed by atoms with Crippen LogP contribution in [0.4, 0.5) is 5.69 Å². The molecule has 0 unspecified atom stereocenters. The first kappa shape index (κ1) is 17.2. The number of hydrogen-bond acceptors (Lipinski definition) is 4. The molecular weight excluding hydrogens is 300 g/mol. The van der Waals surface area contributed by atoms with E-state index >= 15 is 0 Å². The number of unbranched alkanes of at least 4 members (excludes halogenated alkanes) is 3. The molecule has 0 aliphatic heterocycles. The second-order valence-corrected chi connectivity index (χ2v) is 6.82. The molecule has 0 aliphatic rings. The Morgan fingerprint density at radius 3 is 2.55 bits per heavy atom. The lowest BCUT2D eigenvalue weighted by atomic mass is 10.2. The topological polar surface area (TPSA) is 92.4 Å². The van der Waals surface area contributed by atoms with E-state index in [0.717, 1.165) is 31.2 Å². The van der Waals surface area contributed by atoms with Crippen LogP contribution < -0.4 is 10.5 Å². The molecule has 0 saturated heterocycles. The molecule has 1 rings (SSSR count). The minimum absolute atomic E-state index is 0.0117. The lowest BCUT2D eigenvalue weighted by molar-refractivity contribution is 0.282. The summed E-state index contributed by atoms with van der Waals surface area (Å²) in [5, 5.41) is 8.81. The Kier molecular flexibility index (Phi) is 6.75. The summed E-state index contributed by atoms with van der Waals surface area (Å²) >= 11 is 5.96. The number of nitrogen functional groups attached to an aromatic ring is 1. The Morgan fingerprint density at radius 1 is 1.25 bits per heavy atom. The highest BCUT2D eigenvalue weighted by molar-refractivity contribution is 7.89.